The lowest BCUT2D eigenvalue weighted by Crippen LogP contribution is -1.99. The number of benzene rings is 8. The highest BCUT2D eigenvalue weighted by Gasteiger charge is 2.20. The molecule has 0 bridgehead atoms. The Morgan fingerprint density at radius 1 is 0.353 bits per heavy atom. The van der Waals surface area contributed by atoms with Gasteiger partial charge in [-0.05, 0) is 91.8 Å². The van der Waals surface area contributed by atoms with Crippen molar-refractivity contribution in [2.45, 2.75) is 0 Å². The smallest absolute Gasteiger partial charge is 0.0999 e. The van der Waals surface area contributed by atoms with Gasteiger partial charge in [0.25, 0.3) is 0 Å². The number of aromatic nitrogens is 1. The molecule has 4 nitrogen and oxygen atoms in total. The van der Waals surface area contributed by atoms with Gasteiger partial charge in [0.05, 0.1) is 45.9 Å². The van der Waals surface area contributed by atoms with Crippen LogP contribution in [0, 0.1) is 34.0 Å². The van der Waals surface area contributed by atoms with Crippen LogP contribution < -0.4 is 0 Å². The zero-order valence-corrected chi connectivity index (χ0v) is 27.3. The van der Waals surface area contributed by atoms with E-state index in [1.165, 1.54) is 5.56 Å². The third-order valence-corrected chi connectivity index (χ3v) is 9.86. The van der Waals surface area contributed by atoms with Crippen molar-refractivity contribution in [3.63, 3.8) is 0 Å². The molecule has 8 aromatic carbocycles. The third kappa shape index (κ3) is 4.66. The molecule has 9 aromatic rings. The van der Waals surface area contributed by atoms with Crippen LogP contribution >= 0.6 is 0 Å². The van der Waals surface area contributed by atoms with Crippen LogP contribution in [0.4, 0.5) is 0 Å². The van der Waals surface area contributed by atoms with Gasteiger partial charge in [0.15, 0.2) is 0 Å². The first-order valence-electron chi connectivity index (χ1n) is 16.7. The number of nitrogens with zero attached hydrogens (tertiary/aromatic N) is 4. The summed E-state index contributed by atoms with van der Waals surface area (Å²) in [6.07, 6.45) is 0. The number of hydrogen-bond acceptors (Lipinski definition) is 3. The van der Waals surface area contributed by atoms with Crippen LogP contribution in [-0.2, 0) is 0 Å². The molecule has 0 fully saturated rings. The summed E-state index contributed by atoms with van der Waals surface area (Å²) in [4.78, 5) is 0. The van der Waals surface area contributed by atoms with Crippen LogP contribution in [0.25, 0.3) is 82.4 Å². The molecule has 51 heavy (non-hydrogen) atoms. The summed E-state index contributed by atoms with van der Waals surface area (Å²) in [5.41, 5.74) is 9.83. The third-order valence-electron chi connectivity index (χ3n) is 9.86. The summed E-state index contributed by atoms with van der Waals surface area (Å²) >= 11 is 0. The summed E-state index contributed by atoms with van der Waals surface area (Å²) in [6, 6.07) is 60.2. The van der Waals surface area contributed by atoms with Crippen molar-refractivity contribution < 1.29 is 0 Å². The standard InChI is InChI=1S/C47H26N4/c48-27-30-21-22-44-42(23-30)37-15-8-9-20-43(37)51(44)36-25-34(28-49)45(35(26-36)29-50)32-13-10-14-33(24-32)47-40-18-6-4-16-38(40)46(31-11-2-1-3-12-31)39-17-5-7-19-41(39)47/h1-26H. The lowest BCUT2D eigenvalue weighted by Gasteiger charge is -2.18. The Bertz CT molecular complexity index is 2910. The van der Waals surface area contributed by atoms with E-state index in [0.717, 1.165) is 65.6 Å². The van der Waals surface area contributed by atoms with Gasteiger partial charge in [-0.3, -0.25) is 0 Å². The molecule has 0 aliphatic heterocycles. The molecule has 0 saturated heterocycles. The van der Waals surface area contributed by atoms with Gasteiger partial charge in [-0.15, -0.1) is 0 Å². The van der Waals surface area contributed by atoms with Crippen LogP contribution in [0.2, 0.25) is 0 Å². The predicted molar refractivity (Wildman–Crippen MR) is 206 cm³/mol. The molecule has 0 unspecified atom stereocenters. The fourth-order valence-electron chi connectivity index (χ4n) is 7.75. The molecule has 0 aliphatic rings. The highest BCUT2D eigenvalue weighted by molar-refractivity contribution is 6.21. The Morgan fingerprint density at radius 3 is 1.43 bits per heavy atom. The SMILES string of the molecule is N#Cc1ccc2c(c1)c1ccccc1n2-c1cc(C#N)c(-c2cccc(-c3c4ccccc4c(-c4ccccc4)c4ccccc34)c2)c(C#N)c1. The second-order valence-corrected chi connectivity index (χ2v) is 12.6. The zero-order valence-electron chi connectivity index (χ0n) is 27.3. The number of fused-ring (bicyclic) bond motifs is 5. The molecule has 234 valence electrons. The molecule has 4 heteroatoms. The van der Waals surface area contributed by atoms with E-state index in [1.807, 2.05) is 66.7 Å². The summed E-state index contributed by atoms with van der Waals surface area (Å²) in [5.74, 6) is 0. The lowest BCUT2D eigenvalue weighted by molar-refractivity contribution is 1.17. The van der Waals surface area contributed by atoms with Crippen LogP contribution in [0.3, 0.4) is 0 Å². The second kappa shape index (κ2) is 11.9. The first-order valence-corrected chi connectivity index (χ1v) is 16.7. The van der Waals surface area contributed by atoms with Gasteiger partial charge in [-0.25, -0.2) is 0 Å². The number of hydrogen-bond donors (Lipinski definition) is 0. The first-order chi connectivity index (χ1) is 25.2. The molecular formula is C47H26N4. The van der Waals surface area contributed by atoms with E-state index >= 15 is 0 Å². The maximum Gasteiger partial charge on any atom is 0.0999 e. The van der Waals surface area contributed by atoms with E-state index in [0.29, 0.717) is 27.9 Å². The van der Waals surface area contributed by atoms with Crippen LogP contribution in [-0.4, -0.2) is 4.57 Å². The Kier molecular flexibility index (Phi) is 6.93. The maximum absolute atomic E-state index is 10.6. The fraction of sp³-hybridized carbons (Fsp3) is 0. The predicted octanol–water partition coefficient (Wildman–Crippen LogP) is 11.7. The minimum absolute atomic E-state index is 0.412. The van der Waals surface area contributed by atoms with Crippen molar-refractivity contribution in [3.05, 3.63) is 174 Å². The average Bonchev–Trinajstić information content (AvgIpc) is 3.53. The van der Waals surface area contributed by atoms with Crippen molar-refractivity contribution >= 4 is 43.4 Å². The Morgan fingerprint density at radius 2 is 0.843 bits per heavy atom. The maximum atomic E-state index is 10.6. The van der Waals surface area contributed by atoms with Crippen molar-refractivity contribution in [1.82, 2.24) is 4.57 Å². The van der Waals surface area contributed by atoms with E-state index in [9.17, 15) is 15.8 Å². The van der Waals surface area contributed by atoms with Gasteiger partial charge in [-0.2, -0.15) is 15.8 Å². The average molecular weight is 647 g/mol. The number of para-hydroxylation sites is 1. The van der Waals surface area contributed by atoms with Crippen molar-refractivity contribution in [3.8, 4) is 57.3 Å². The van der Waals surface area contributed by atoms with Crippen LogP contribution in [0.1, 0.15) is 16.7 Å². The summed E-state index contributed by atoms with van der Waals surface area (Å²) in [7, 11) is 0. The molecule has 0 atom stereocenters. The molecular weight excluding hydrogens is 621 g/mol. The normalized spacial score (nSPS) is 11.1. The molecule has 0 N–H and O–H groups in total. The summed E-state index contributed by atoms with van der Waals surface area (Å²) < 4.78 is 2.07. The molecule has 9 rings (SSSR count). The summed E-state index contributed by atoms with van der Waals surface area (Å²) in [6.45, 7) is 0. The van der Waals surface area contributed by atoms with Crippen molar-refractivity contribution in [2.75, 3.05) is 0 Å². The van der Waals surface area contributed by atoms with Gasteiger partial charge in [0.1, 0.15) is 0 Å². The molecule has 0 saturated carbocycles. The first kappa shape index (κ1) is 29.7. The Labute approximate surface area is 294 Å². The molecule has 1 aromatic heterocycles. The van der Waals surface area contributed by atoms with E-state index in [2.05, 4.69) is 108 Å². The molecule has 0 radical (unpaired) electrons. The van der Waals surface area contributed by atoms with E-state index in [1.54, 1.807) is 6.07 Å². The zero-order chi connectivity index (χ0) is 34.5. The number of rotatable bonds is 4. The fourth-order valence-corrected chi connectivity index (χ4v) is 7.75. The van der Waals surface area contributed by atoms with Gasteiger partial charge < -0.3 is 4.57 Å². The largest absolute Gasteiger partial charge is 0.309 e. The van der Waals surface area contributed by atoms with Gasteiger partial charge in [0.2, 0.25) is 0 Å². The molecule has 0 aliphatic carbocycles. The van der Waals surface area contributed by atoms with Gasteiger partial charge in [0, 0.05) is 22.0 Å². The van der Waals surface area contributed by atoms with Crippen LogP contribution in [0.5, 0.6) is 0 Å². The summed E-state index contributed by atoms with van der Waals surface area (Å²) in [5, 5.41) is 37.4. The highest BCUT2D eigenvalue weighted by atomic mass is 15.0. The highest BCUT2D eigenvalue weighted by Crippen LogP contribution is 2.45. The molecule has 1 heterocycles. The second-order valence-electron chi connectivity index (χ2n) is 12.6. The van der Waals surface area contributed by atoms with Crippen molar-refractivity contribution in [1.29, 1.82) is 15.8 Å². The molecule has 0 amide bonds. The monoisotopic (exact) mass is 646 g/mol. The Hall–Kier alpha value is -7.45. The van der Waals surface area contributed by atoms with Gasteiger partial charge in [-0.1, -0.05) is 115 Å². The van der Waals surface area contributed by atoms with E-state index < -0.39 is 0 Å². The minimum Gasteiger partial charge on any atom is -0.309 e. The topological polar surface area (TPSA) is 76.3 Å². The minimum atomic E-state index is 0.412. The van der Waals surface area contributed by atoms with Crippen molar-refractivity contribution in [2.24, 2.45) is 0 Å². The quantitative estimate of drug-likeness (QED) is 0.179. The molecule has 0 spiro atoms. The van der Waals surface area contributed by atoms with E-state index in [-0.39, 0.29) is 0 Å². The van der Waals surface area contributed by atoms with Gasteiger partial charge >= 0.3 is 0 Å². The number of nitriles is 3. The van der Waals surface area contributed by atoms with E-state index in [4.69, 9.17) is 0 Å². The Balaban J connectivity index is 1.27. The lowest BCUT2D eigenvalue weighted by atomic mass is 9.85. The van der Waals surface area contributed by atoms with Crippen LogP contribution in [0.15, 0.2) is 158 Å².